The van der Waals surface area contributed by atoms with E-state index in [0.29, 0.717) is 18.7 Å². The number of ether oxygens (including phenoxy) is 2. The minimum absolute atomic E-state index is 0.126. The number of carbonyl (C=O) groups excluding carboxylic acids is 1. The van der Waals surface area contributed by atoms with E-state index in [9.17, 15) is 4.79 Å². The molecule has 7 heteroatoms. The van der Waals surface area contributed by atoms with Crippen molar-refractivity contribution in [2.75, 3.05) is 14.2 Å². The molecule has 7 nitrogen and oxygen atoms in total. The molecule has 0 fully saturated rings. The predicted octanol–water partition coefficient (Wildman–Crippen LogP) is 2.29. The standard InChI is InChI=1S/C18H22N4O3/c1-11-17(15-8-14(25-4)5-6-16(15)22(11)2)18(23)19-9-12-7-13(10-24-3)21-20-12/h5-8H,9-10H2,1-4H3,(H,19,23)(H,20,21). The Kier molecular flexibility index (Phi) is 4.76. The average Bonchev–Trinajstić information content (AvgIpc) is 3.16. The highest BCUT2D eigenvalue weighted by Crippen LogP contribution is 2.28. The Balaban J connectivity index is 1.84. The molecule has 0 aliphatic heterocycles. The highest BCUT2D eigenvalue weighted by Gasteiger charge is 2.19. The van der Waals surface area contributed by atoms with Gasteiger partial charge in [0.1, 0.15) is 5.75 Å². The lowest BCUT2D eigenvalue weighted by Gasteiger charge is -2.05. The summed E-state index contributed by atoms with van der Waals surface area (Å²) in [5, 5.41) is 10.9. The molecule has 2 heterocycles. The number of nitrogens with zero attached hydrogens (tertiary/aromatic N) is 2. The number of rotatable bonds is 6. The van der Waals surface area contributed by atoms with Gasteiger partial charge in [0, 0.05) is 30.8 Å². The van der Waals surface area contributed by atoms with Gasteiger partial charge < -0.3 is 19.4 Å². The summed E-state index contributed by atoms with van der Waals surface area (Å²) in [6.07, 6.45) is 0. The van der Waals surface area contributed by atoms with Gasteiger partial charge >= 0.3 is 0 Å². The predicted molar refractivity (Wildman–Crippen MR) is 94.7 cm³/mol. The molecule has 0 saturated heterocycles. The normalized spacial score (nSPS) is 11.0. The Labute approximate surface area is 145 Å². The van der Waals surface area contributed by atoms with Crippen LogP contribution in [0.15, 0.2) is 24.3 Å². The Morgan fingerprint density at radius 2 is 2.12 bits per heavy atom. The molecule has 1 amide bonds. The first kappa shape index (κ1) is 17.0. The molecule has 1 aromatic carbocycles. The summed E-state index contributed by atoms with van der Waals surface area (Å²) in [6.45, 7) is 2.75. The van der Waals surface area contributed by atoms with Crippen LogP contribution in [0.2, 0.25) is 0 Å². The highest BCUT2D eigenvalue weighted by atomic mass is 16.5. The summed E-state index contributed by atoms with van der Waals surface area (Å²) < 4.78 is 12.3. The van der Waals surface area contributed by atoms with Crippen LogP contribution in [0, 0.1) is 6.92 Å². The van der Waals surface area contributed by atoms with Crippen molar-refractivity contribution in [2.24, 2.45) is 7.05 Å². The lowest BCUT2D eigenvalue weighted by atomic mass is 10.1. The fourth-order valence-corrected chi connectivity index (χ4v) is 2.95. The maximum absolute atomic E-state index is 12.8. The molecule has 0 saturated carbocycles. The lowest BCUT2D eigenvalue weighted by Crippen LogP contribution is -2.23. The fourth-order valence-electron chi connectivity index (χ4n) is 2.95. The van der Waals surface area contributed by atoms with Crippen LogP contribution in [-0.4, -0.2) is 34.9 Å². The van der Waals surface area contributed by atoms with Crippen molar-refractivity contribution in [1.82, 2.24) is 20.1 Å². The van der Waals surface area contributed by atoms with Crippen LogP contribution in [0.3, 0.4) is 0 Å². The number of carbonyl (C=O) groups is 1. The van der Waals surface area contributed by atoms with Crippen LogP contribution in [0.25, 0.3) is 10.9 Å². The van der Waals surface area contributed by atoms with E-state index in [2.05, 4.69) is 15.5 Å². The summed E-state index contributed by atoms with van der Waals surface area (Å²) in [7, 11) is 5.19. The zero-order valence-electron chi connectivity index (χ0n) is 14.8. The Hall–Kier alpha value is -2.80. The Bertz CT molecular complexity index is 911. The summed E-state index contributed by atoms with van der Waals surface area (Å²) in [5.74, 6) is 0.601. The Morgan fingerprint density at radius 1 is 1.32 bits per heavy atom. The average molecular weight is 342 g/mol. The first-order chi connectivity index (χ1) is 12.0. The van der Waals surface area contributed by atoms with E-state index in [1.165, 1.54) is 0 Å². The van der Waals surface area contributed by atoms with E-state index in [0.717, 1.165) is 33.7 Å². The number of aromatic nitrogens is 3. The summed E-state index contributed by atoms with van der Waals surface area (Å²) in [6, 6.07) is 7.63. The van der Waals surface area contributed by atoms with E-state index in [1.807, 2.05) is 42.8 Å². The molecule has 0 unspecified atom stereocenters. The van der Waals surface area contributed by atoms with Gasteiger partial charge in [-0.1, -0.05) is 0 Å². The van der Waals surface area contributed by atoms with Gasteiger partial charge in [-0.25, -0.2) is 0 Å². The second-order valence-electron chi connectivity index (χ2n) is 5.90. The van der Waals surface area contributed by atoms with Gasteiger partial charge in [-0.15, -0.1) is 0 Å². The second kappa shape index (κ2) is 6.98. The van der Waals surface area contributed by atoms with E-state index >= 15 is 0 Å². The molecular formula is C18H22N4O3. The number of benzene rings is 1. The number of aromatic amines is 1. The zero-order chi connectivity index (χ0) is 18.0. The van der Waals surface area contributed by atoms with Crippen LogP contribution < -0.4 is 10.1 Å². The number of amides is 1. The monoisotopic (exact) mass is 342 g/mol. The molecule has 132 valence electrons. The van der Waals surface area contributed by atoms with Gasteiger partial charge in [0.2, 0.25) is 0 Å². The first-order valence-corrected chi connectivity index (χ1v) is 7.98. The van der Waals surface area contributed by atoms with Crippen molar-refractivity contribution in [1.29, 1.82) is 0 Å². The topological polar surface area (TPSA) is 81.2 Å². The van der Waals surface area contributed by atoms with Crippen molar-refractivity contribution >= 4 is 16.8 Å². The van der Waals surface area contributed by atoms with Crippen LogP contribution >= 0.6 is 0 Å². The van der Waals surface area contributed by atoms with Crippen LogP contribution in [0.5, 0.6) is 5.75 Å². The number of aryl methyl sites for hydroxylation is 1. The van der Waals surface area contributed by atoms with Gasteiger partial charge in [0.15, 0.2) is 0 Å². The van der Waals surface area contributed by atoms with Crippen LogP contribution in [-0.2, 0) is 24.9 Å². The molecular weight excluding hydrogens is 320 g/mol. The number of fused-ring (bicyclic) bond motifs is 1. The smallest absolute Gasteiger partial charge is 0.254 e. The van der Waals surface area contributed by atoms with Gasteiger partial charge in [0.05, 0.1) is 37.2 Å². The van der Waals surface area contributed by atoms with Gasteiger partial charge in [-0.2, -0.15) is 5.10 Å². The lowest BCUT2D eigenvalue weighted by molar-refractivity contribution is 0.0951. The van der Waals surface area contributed by atoms with E-state index < -0.39 is 0 Å². The largest absolute Gasteiger partial charge is 0.497 e. The first-order valence-electron chi connectivity index (χ1n) is 7.98. The van der Waals surface area contributed by atoms with Gasteiger partial charge in [-0.3, -0.25) is 9.89 Å². The van der Waals surface area contributed by atoms with Gasteiger partial charge in [0.25, 0.3) is 5.91 Å². The third-order valence-electron chi connectivity index (χ3n) is 4.34. The van der Waals surface area contributed by atoms with Crippen molar-refractivity contribution in [3.63, 3.8) is 0 Å². The molecule has 0 bridgehead atoms. The summed E-state index contributed by atoms with van der Waals surface area (Å²) in [5.41, 5.74) is 4.19. The van der Waals surface area contributed by atoms with Crippen LogP contribution in [0.1, 0.15) is 27.4 Å². The summed E-state index contributed by atoms with van der Waals surface area (Å²) >= 11 is 0. The number of H-pyrrole nitrogens is 1. The van der Waals surface area contributed by atoms with Crippen molar-refractivity contribution < 1.29 is 14.3 Å². The molecule has 2 aromatic heterocycles. The maximum Gasteiger partial charge on any atom is 0.254 e. The number of hydrogen-bond donors (Lipinski definition) is 2. The van der Waals surface area contributed by atoms with E-state index in [-0.39, 0.29) is 5.91 Å². The third-order valence-corrected chi connectivity index (χ3v) is 4.34. The van der Waals surface area contributed by atoms with Gasteiger partial charge in [-0.05, 0) is 31.2 Å². The SMILES string of the molecule is COCc1cc(CNC(=O)c2c(C)n(C)c3ccc(OC)cc23)[nH]n1. The number of methoxy groups -OCH3 is 2. The molecule has 3 aromatic rings. The molecule has 3 rings (SSSR count). The summed E-state index contributed by atoms with van der Waals surface area (Å²) in [4.78, 5) is 12.8. The third kappa shape index (κ3) is 3.23. The van der Waals surface area contributed by atoms with Crippen molar-refractivity contribution in [2.45, 2.75) is 20.1 Å². The fraction of sp³-hybridized carbons (Fsp3) is 0.333. The van der Waals surface area contributed by atoms with Crippen molar-refractivity contribution in [3.8, 4) is 5.75 Å². The Morgan fingerprint density at radius 3 is 2.84 bits per heavy atom. The molecule has 25 heavy (non-hydrogen) atoms. The minimum Gasteiger partial charge on any atom is -0.497 e. The quantitative estimate of drug-likeness (QED) is 0.720. The second-order valence-corrected chi connectivity index (χ2v) is 5.90. The number of nitrogens with one attached hydrogen (secondary N) is 2. The maximum atomic E-state index is 12.8. The molecule has 0 spiro atoms. The molecule has 0 atom stereocenters. The molecule has 0 radical (unpaired) electrons. The molecule has 0 aliphatic carbocycles. The molecule has 2 N–H and O–H groups in total. The van der Waals surface area contributed by atoms with Crippen LogP contribution in [0.4, 0.5) is 0 Å². The number of hydrogen-bond acceptors (Lipinski definition) is 4. The van der Waals surface area contributed by atoms with E-state index in [4.69, 9.17) is 9.47 Å². The zero-order valence-corrected chi connectivity index (χ0v) is 14.8. The minimum atomic E-state index is -0.126. The highest BCUT2D eigenvalue weighted by molar-refractivity contribution is 6.08. The van der Waals surface area contributed by atoms with E-state index in [1.54, 1.807) is 14.2 Å². The molecule has 0 aliphatic rings. The van der Waals surface area contributed by atoms with Crippen molar-refractivity contribution in [3.05, 3.63) is 46.9 Å².